The average Bonchev–Trinajstić information content (AvgIpc) is 3.06. The molecule has 1 amide bonds. The van der Waals surface area contributed by atoms with Gasteiger partial charge < -0.3 is 10.2 Å². The van der Waals surface area contributed by atoms with Gasteiger partial charge in [0.05, 0.1) is 15.4 Å². The summed E-state index contributed by atoms with van der Waals surface area (Å²) < 4.78 is 5.59. The van der Waals surface area contributed by atoms with Gasteiger partial charge in [0.1, 0.15) is 17.4 Å². The van der Waals surface area contributed by atoms with E-state index in [2.05, 4.69) is 4.99 Å². The highest BCUT2D eigenvalue weighted by Gasteiger charge is 2.20. The molecule has 0 aliphatic carbocycles. The van der Waals surface area contributed by atoms with Crippen molar-refractivity contribution in [3.63, 3.8) is 0 Å². The molecule has 0 bridgehead atoms. The SMILES string of the molecule is NC1=NC(=O)SC1=Cc1ccc(-c2ccccc2[N+](=O)[O-])o1. The fraction of sp³-hybridized carbons (Fsp3) is 0. The molecule has 1 aliphatic heterocycles. The number of carbonyl (C=O) groups excluding carboxylic acids is 1. The second kappa shape index (κ2) is 5.49. The van der Waals surface area contributed by atoms with Gasteiger partial charge in [-0.1, -0.05) is 12.1 Å². The number of hydrogen-bond acceptors (Lipinski definition) is 6. The Kier molecular flexibility index (Phi) is 3.51. The first kappa shape index (κ1) is 14.1. The molecule has 1 aromatic carbocycles. The monoisotopic (exact) mass is 315 g/mol. The van der Waals surface area contributed by atoms with Crippen LogP contribution in [0.5, 0.6) is 0 Å². The summed E-state index contributed by atoms with van der Waals surface area (Å²) in [7, 11) is 0. The Morgan fingerprint density at radius 3 is 2.73 bits per heavy atom. The number of nitro groups is 1. The third-order valence-electron chi connectivity index (χ3n) is 2.93. The second-order valence-electron chi connectivity index (χ2n) is 4.35. The van der Waals surface area contributed by atoms with Gasteiger partial charge in [-0.2, -0.15) is 4.99 Å². The number of benzene rings is 1. The van der Waals surface area contributed by atoms with E-state index in [0.717, 1.165) is 11.8 Å². The highest BCUT2D eigenvalue weighted by molar-refractivity contribution is 8.18. The summed E-state index contributed by atoms with van der Waals surface area (Å²) in [6, 6.07) is 9.58. The van der Waals surface area contributed by atoms with Crippen molar-refractivity contribution in [1.29, 1.82) is 0 Å². The molecule has 2 N–H and O–H groups in total. The minimum absolute atomic E-state index is 0.0393. The number of furan rings is 1. The quantitative estimate of drug-likeness (QED) is 0.686. The van der Waals surface area contributed by atoms with Gasteiger partial charge in [0.25, 0.3) is 5.69 Å². The zero-order chi connectivity index (χ0) is 15.7. The molecule has 2 heterocycles. The smallest absolute Gasteiger partial charge is 0.311 e. The van der Waals surface area contributed by atoms with E-state index in [1.807, 2.05) is 0 Å². The number of amides is 1. The lowest BCUT2D eigenvalue weighted by molar-refractivity contribution is -0.384. The molecule has 0 atom stereocenters. The van der Waals surface area contributed by atoms with Gasteiger partial charge in [0, 0.05) is 6.07 Å². The number of rotatable bonds is 3. The van der Waals surface area contributed by atoms with Gasteiger partial charge >= 0.3 is 5.24 Å². The molecule has 3 rings (SSSR count). The van der Waals surface area contributed by atoms with Crippen molar-refractivity contribution in [3.8, 4) is 11.3 Å². The van der Waals surface area contributed by atoms with E-state index in [0.29, 0.717) is 22.0 Å². The highest BCUT2D eigenvalue weighted by Crippen LogP contribution is 2.33. The zero-order valence-electron chi connectivity index (χ0n) is 11.1. The summed E-state index contributed by atoms with van der Waals surface area (Å²) in [4.78, 5) is 25.8. The predicted octanol–water partition coefficient (Wildman–Crippen LogP) is 3.42. The maximum atomic E-state index is 11.1. The Bertz CT molecular complexity index is 838. The maximum Gasteiger partial charge on any atom is 0.311 e. The maximum absolute atomic E-state index is 11.1. The van der Waals surface area contributed by atoms with Crippen LogP contribution in [0.1, 0.15) is 5.76 Å². The van der Waals surface area contributed by atoms with E-state index < -0.39 is 4.92 Å². The fourth-order valence-electron chi connectivity index (χ4n) is 1.97. The largest absolute Gasteiger partial charge is 0.456 e. The minimum Gasteiger partial charge on any atom is -0.456 e. The van der Waals surface area contributed by atoms with E-state index in [9.17, 15) is 14.9 Å². The summed E-state index contributed by atoms with van der Waals surface area (Å²) in [6.07, 6.45) is 1.58. The van der Waals surface area contributed by atoms with Crippen LogP contribution in [0.2, 0.25) is 0 Å². The van der Waals surface area contributed by atoms with Crippen LogP contribution in [0.25, 0.3) is 17.4 Å². The number of thioether (sulfide) groups is 1. The first-order valence-electron chi connectivity index (χ1n) is 6.16. The Morgan fingerprint density at radius 1 is 1.27 bits per heavy atom. The van der Waals surface area contributed by atoms with Gasteiger partial charge in [-0.05, 0) is 36.0 Å². The molecule has 0 radical (unpaired) electrons. The predicted molar refractivity (Wildman–Crippen MR) is 83.4 cm³/mol. The fourth-order valence-corrected chi connectivity index (χ4v) is 2.63. The molecule has 1 aliphatic rings. The number of nitrogens with zero attached hydrogens (tertiary/aromatic N) is 2. The Morgan fingerprint density at radius 2 is 2.05 bits per heavy atom. The van der Waals surface area contributed by atoms with Crippen LogP contribution >= 0.6 is 11.8 Å². The van der Waals surface area contributed by atoms with Crippen LogP contribution in [0, 0.1) is 10.1 Å². The number of amidine groups is 1. The van der Waals surface area contributed by atoms with Crippen molar-refractivity contribution in [2.45, 2.75) is 0 Å². The molecule has 0 fully saturated rings. The summed E-state index contributed by atoms with van der Waals surface area (Å²) in [5.41, 5.74) is 5.95. The van der Waals surface area contributed by atoms with Gasteiger partial charge in [-0.3, -0.25) is 14.9 Å². The number of nitro benzene ring substituents is 1. The lowest BCUT2D eigenvalue weighted by atomic mass is 10.1. The van der Waals surface area contributed by atoms with Crippen LogP contribution in [0.3, 0.4) is 0 Å². The number of carbonyl (C=O) groups is 1. The van der Waals surface area contributed by atoms with Crippen LogP contribution in [0.15, 0.2) is 50.7 Å². The summed E-state index contributed by atoms with van der Waals surface area (Å²) in [6.45, 7) is 0. The first-order valence-corrected chi connectivity index (χ1v) is 6.98. The number of hydrogen-bond donors (Lipinski definition) is 1. The molecule has 0 saturated carbocycles. The normalized spacial score (nSPS) is 16.1. The third-order valence-corrected chi connectivity index (χ3v) is 3.74. The average molecular weight is 315 g/mol. The topological polar surface area (TPSA) is 112 Å². The molecule has 2 aromatic rings. The van der Waals surface area contributed by atoms with Crippen molar-refractivity contribution in [3.05, 3.63) is 57.2 Å². The summed E-state index contributed by atoms with van der Waals surface area (Å²) in [5.74, 6) is 0.936. The van der Waals surface area contributed by atoms with E-state index in [1.54, 1.807) is 36.4 Å². The molecule has 110 valence electrons. The lowest BCUT2D eigenvalue weighted by Gasteiger charge is -1.99. The van der Waals surface area contributed by atoms with Crippen molar-refractivity contribution in [1.82, 2.24) is 0 Å². The van der Waals surface area contributed by atoms with E-state index >= 15 is 0 Å². The van der Waals surface area contributed by atoms with E-state index in [-0.39, 0.29) is 16.8 Å². The van der Waals surface area contributed by atoms with Gasteiger partial charge in [-0.25, -0.2) is 0 Å². The Labute approximate surface area is 128 Å². The third kappa shape index (κ3) is 2.63. The van der Waals surface area contributed by atoms with Gasteiger partial charge in [-0.15, -0.1) is 0 Å². The Hall–Kier alpha value is -2.87. The van der Waals surface area contributed by atoms with Crippen LogP contribution in [-0.2, 0) is 0 Å². The number of nitrogens with two attached hydrogens (primary N) is 1. The number of para-hydroxylation sites is 1. The molecule has 1 aromatic heterocycles. The van der Waals surface area contributed by atoms with Crippen molar-refractivity contribution in [2.75, 3.05) is 0 Å². The summed E-state index contributed by atoms with van der Waals surface area (Å²) in [5, 5.41) is 10.7. The van der Waals surface area contributed by atoms with E-state index in [4.69, 9.17) is 10.2 Å². The van der Waals surface area contributed by atoms with E-state index in [1.165, 1.54) is 6.07 Å². The molecule has 0 saturated heterocycles. The zero-order valence-corrected chi connectivity index (χ0v) is 11.9. The standard InChI is InChI=1S/C14H9N3O4S/c15-13-12(22-14(18)16-13)7-8-5-6-11(21-8)9-3-1-2-4-10(9)17(19)20/h1-7H,(H2,15,16,18). The molecule has 0 unspecified atom stereocenters. The molecule has 8 heteroatoms. The molecular formula is C14H9N3O4S. The molecular weight excluding hydrogens is 306 g/mol. The van der Waals surface area contributed by atoms with Crippen LogP contribution in [-0.4, -0.2) is 16.0 Å². The van der Waals surface area contributed by atoms with Crippen LogP contribution in [0.4, 0.5) is 10.5 Å². The van der Waals surface area contributed by atoms with Crippen molar-refractivity contribution in [2.24, 2.45) is 10.7 Å². The highest BCUT2D eigenvalue weighted by atomic mass is 32.2. The molecule has 0 spiro atoms. The minimum atomic E-state index is -0.466. The Balaban J connectivity index is 1.96. The lowest BCUT2D eigenvalue weighted by Crippen LogP contribution is -2.08. The van der Waals surface area contributed by atoms with Crippen molar-refractivity contribution >= 4 is 34.6 Å². The van der Waals surface area contributed by atoms with Crippen LogP contribution < -0.4 is 5.73 Å². The molecule has 7 nitrogen and oxygen atoms in total. The summed E-state index contributed by atoms with van der Waals surface area (Å²) >= 11 is 0.907. The number of aliphatic imine (C=N–C) groups is 1. The van der Waals surface area contributed by atoms with Gasteiger partial charge in [0.2, 0.25) is 0 Å². The first-order chi connectivity index (χ1) is 10.5. The van der Waals surface area contributed by atoms with Gasteiger partial charge in [0.15, 0.2) is 0 Å². The second-order valence-corrected chi connectivity index (χ2v) is 5.34. The molecule has 22 heavy (non-hydrogen) atoms. The van der Waals surface area contributed by atoms with Crippen molar-refractivity contribution < 1.29 is 14.1 Å².